The zero-order valence-electron chi connectivity index (χ0n) is 8.97. The second-order valence-electron chi connectivity index (χ2n) is 3.62. The lowest BCUT2D eigenvalue weighted by molar-refractivity contribution is 0.415. The van der Waals surface area contributed by atoms with Crippen molar-refractivity contribution < 1.29 is 8.95 Å². The molecule has 1 aromatic rings. The molecule has 0 radical (unpaired) electrons. The highest BCUT2D eigenvalue weighted by atomic mass is 32.2. The zero-order chi connectivity index (χ0) is 11.6. The van der Waals surface area contributed by atoms with Gasteiger partial charge < -0.3 is 4.74 Å². The number of hydrogen-bond acceptors (Lipinski definition) is 4. The first kappa shape index (κ1) is 11.0. The Morgan fingerprint density at radius 2 is 2.25 bits per heavy atom. The van der Waals surface area contributed by atoms with Crippen LogP contribution in [0.1, 0.15) is 12.0 Å². The summed E-state index contributed by atoms with van der Waals surface area (Å²) in [5, 5.41) is 8.93. The van der Waals surface area contributed by atoms with Crippen molar-refractivity contribution in [2.75, 3.05) is 18.6 Å². The maximum absolute atomic E-state index is 12.0. The standard InChI is InChI=1S/C11H12N2O2S/c1-15-10-4-3-9(8-12)11(7-10)13-16(14)5-2-6-16/h3-4,7H,2,5-6H2,1H3. The summed E-state index contributed by atoms with van der Waals surface area (Å²) in [5.41, 5.74) is 0.918. The lowest BCUT2D eigenvalue weighted by Gasteiger charge is -2.18. The van der Waals surface area contributed by atoms with Gasteiger partial charge in [0.2, 0.25) is 0 Å². The molecule has 0 aliphatic carbocycles. The van der Waals surface area contributed by atoms with Crippen LogP contribution >= 0.6 is 0 Å². The van der Waals surface area contributed by atoms with Crippen LogP contribution in [0.5, 0.6) is 5.75 Å². The predicted molar refractivity (Wildman–Crippen MR) is 62.3 cm³/mol. The van der Waals surface area contributed by atoms with Crippen LogP contribution < -0.4 is 4.74 Å². The average Bonchev–Trinajstić information content (AvgIpc) is 2.27. The van der Waals surface area contributed by atoms with E-state index in [-0.39, 0.29) is 0 Å². The van der Waals surface area contributed by atoms with Gasteiger partial charge in [-0.25, -0.2) is 4.21 Å². The fraction of sp³-hybridized carbons (Fsp3) is 0.364. The van der Waals surface area contributed by atoms with Gasteiger partial charge in [-0.3, -0.25) is 0 Å². The quantitative estimate of drug-likeness (QED) is 0.789. The van der Waals surface area contributed by atoms with Gasteiger partial charge in [0.05, 0.1) is 28.1 Å². The van der Waals surface area contributed by atoms with Gasteiger partial charge in [0.1, 0.15) is 11.8 Å². The van der Waals surface area contributed by atoms with Gasteiger partial charge >= 0.3 is 0 Å². The smallest absolute Gasteiger partial charge is 0.121 e. The fourth-order valence-corrected chi connectivity index (χ4v) is 2.94. The van der Waals surface area contributed by atoms with E-state index in [4.69, 9.17) is 10.00 Å². The summed E-state index contributed by atoms with van der Waals surface area (Å²) in [7, 11) is -0.531. The molecule has 84 valence electrons. The van der Waals surface area contributed by atoms with Crippen molar-refractivity contribution in [3.8, 4) is 11.8 Å². The van der Waals surface area contributed by atoms with E-state index in [1.807, 2.05) is 6.07 Å². The van der Waals surface area contributed by atoms with Gasteiger partial charge in [-0.05, 0) is 18.6 Å². The Morgan fingerprint density at radius 3 is 2.75 bits per heavy atom. The number of ether oxygens (including phenoxy) is 1. The molecule has 0 N–H and O–H groups in total. The summed E-state index contributed by atoms with van der Waals surface area (Å²) in [5.74, 6) is 1.89. The Kier molecular flexibility index (Phi) is 2.84. The van der Waals surface area contributed by atoms with E-state index in [1.165, 1.54) is 0 Å². The van der Waals surface area contributed by atoms with Crippen LogP contribution in [-0.4, -0.2) is 22.8 Å². The lowest BCUT2D eigenvalue weighted by atomic mass is 10.2. The van der Waals surface area contributed by atoms with Gasteiger partial charge in [0, 0.05) is 17.6 Å². The topological polar surface area (TPSA) is 62.4 Å². The first-order valence-corrected chi connectivity index (χ1v) is 6.83. The summed E-state index contributed by atoms with van der Waals surface area (Å²) in [6.45, 7) is 0. The molecule has 1 heterocycles. The Labute approximate surface area is 95.0 Å². The van der Waals surface area contributed by atoms with Gasteiger partial charge in [0.25, 0.3) is 0 Å². The molecule has 0 saturated carbocycles. The Morgan fingerprint density at radius 1 is 1.50 bits per heavy atom. The van der Waals surface area contributed by atoms with Crippen molar-refractivity contribution in [2.45, 2.75) is 6.42 Å². The van der Waals surface area contributed by atoms with E-state index < -0.39 is 9.73 Å². The molecule has 1 saturated heterocycles. The molecular formula is C11H12N2O2S. The molecule has 4 nitrogen and oxygen atoms in total. The van der Waals surface area contributed by atoms with Crippen LogP contribution in [-0.2, 0) is 9.73 Å². The number of hydrogen-bond donors (Lipinski definition) is 0. The van der Waals surface area contributed by atoms with Gasteiger partial charge in [-0.15, -0.1) is 0 Å². The molecule has 0 amide bonds. The largest absolute Gasteiger partial charge is 0.497 e. The van der Waals surface area contributed by atoms with Crippen LogP contribution in [0.3, 0.4) is 0 Å². The normalized spacial score (nSPS) is 17.0. The maximum Gasteiger partial charge on any atom is 0.121 e. The third-order valence-electron chi connectivity index (χ3n) is 2.52. The first-order valence-electron chi connectivity index (χ1n) is 4.97. The van der Waals surface area contributed by atoms with Crippen LogP contribution in [0.15, 0.2) is 22.6 Å². The van der Waals surface area contributed by atoms with E-state index in [2.05, 4.69) is 4.36 Å². The molecule has 16 heavy (non-hydrogen) atoms. The number of benzene rings is 1. The number of nitriles is 1. The first-order chi connectivity index (χ1) is 7.67. The summed E-state index contributed by atoms with van der Waals surface area (Å²) >= 11 is 0. The Bertz CT molecular complexity index is 556. The van der Waals surface area contributed by atoms with E-state index in [9.17, 15) is 4.21 Å². The minimum atomic E-state index is -2.08. The highest BCUT2D eigenvalue weighted by molar-refractivity contribution is 7.95. The molecule has 0 aromatic heterocycles. The van der Waals surface area contributed by atoms with Crippen molar-refractivity contribution >= 4 is 15.4 Å². The minimum absolute atomic E-state index is 0.440. The van der Waals surface area contributed by atoms with Gasteiger partial charge in [-0.1, -0.05) is 0 Å². The van der Waals surface area contributed by atoms with E-state index in [0.29, 0.717) is 28.5 Å². The fourth-order valence-electron chi connectivity index (χ4n) is 1.47. The molecule has 0 spiro atoms. The molecular weight excluding hydrogens is 224 g/mol. The molecule has 0 bridgehead atoms. The zero-order valence-corrected chi connectivity index (χ0v) is 9.79. The van der Waals surface area contributed by atoms with Crippen molar-refractivity contribution in [2.24, 2.45) is 4.36 Å². The second kappa shape index (κ2) is 4.14. The van der Waals surface area contributed by atoms with E-state index in [1.54, 1.807) is 25.3 Å². The molecule has 1 fully saturated rings. The highest BCUT2D eigenvalue weighted by Crippen LogP contribution is 2.28. The van der Waals surface area contributed by atoms with Crippen LogP contribution in [0.4, 0.5) is 5.69 Å². The monoisotopic (exact) mass is 236 g/mol. The molecule has 5 heteroatoms. The number of methoxy groups -OCH3 is 1. The summed E-state index contributed by atoms with van der Waals surface area (Å²) in [4.78, 5) is 0. The third kappa shape index (κ3) is 2.02. The van der Waals surface area contributed by atoms with Crippen LogP contribution in [0.25, 0.3) is 0 Å². The van der Waals surface area contributed by atoms with Gasteiger partial charge in [0.15, 0.2) is 0 Å². The van der Waals surface area contributed by atoms with E-state index >= 15 is 0 Å². The van der Waals surface area contributed by atoms with Crippen molar-refractivity contribution in [3.05, 3.63) is 23.8 Å². The average molecular weight is 236 g/mol. The van der Waals surface area contributed by atoms with E-state index in [0.717, 1.165) is 6.42 Å². The SMILES string of the molecule is COc1ccc(C#N)c(N=S2(=O)CCC2)c1. The summed E-state index contributed by atoms with van der Waals surface area (Å²) in [6, 6.07) is 7.04. The van der Waals surface area contributed by atoms with Crippen molar-refractivity contribution in [1.29, 1.82) is 5.26 Å². The molecule has 1 aliphatic rings. The van der Waals surface area contributed by atoms with Gasteiger partial charge in [-0.2, -0.15) is 9.62 Å². The summed E-state index contributed by atoms with van der Waals surface area (Å²) < 4.78 is 21.2. The maximum atomic E-state index is 12.0. The minimum Gasteiger partial charge on any atom is -0.497 e. The molecule has 0 unspecified atom stereocenters. The Hall–Kier alpha value is -1.54. The Balaban J connectivity index is 2.50. The van der Waals surface area contributed by atoms with Crippen LogP contribution in [0.2, 0.25) is 0 Å². The van der Waals surface area contributed by atoms with Crippen molar-refractivity contribution in [1.82, 2.24) is 0 Å². The lowest BCUT2D eigenvalue weighted by Crippen LogP contribution is -2.23. The van der Waals surface area contributed by atoms with Crippen molar-refractivity contribution in [3.63, 3.8) is 0 Å². The highest BCUT2D eigenvalue weighted by Gasteiger charge is 2.20. The number of rotatable bonds is 2. The second-order valence-corrected chi connectivity index (χ2v) is 6.16. The van der Waals surface area contributed by atoms with Crippen LogP contribution in [0, 0.1) is 11.3 Å². The number of nitrogens with zero attached hydrogens (tertiary/aromatic N) is 2. The molecule has 1 aliphatic heterocycles. The third-order valence-corrected chi connectivity index (χ3v) is 4.90. The summed E-state index contributed by atoms with van der Waals surface area (Å²) in [6.07, 6.45) is 0.953. The molecule has 2 rings (SSSR count). The predicted octanol–water partition coefficient (Wildman–Crippen LogP) is 2.07. The molecule has 0 atom stereocenters. The molecule has 1 aromatic carbocycles.